The van der Waals surface area contributed by atoms with Gasteiger partial charge in [0.25, 0.3) is 15.9 Å². The molecule has 3 aromatic carbocycles. The summed E-state index contributed by atoms with van der Waals surface area (Å²) >= 11 is 6.23. The molecule has 1 amide bonds. The molecule has 3 aromatic rings. The van der Waals surface area contributed by atoms with Crippen LogP contribution < -0.4 is 14.8 Å². The molecule has 0 fully saturated rings. The molecule has 156 valence electrons. The number of nitrogens with one attached hydrogen (secondary N) is 2. The quantitative estimate of drug-likeness (QED) is 0.536. The molecule has 0 spiro atoms. The Bertz CT molecular complexity index is 1130. The number of halogens is 1. The SMILES string of the molecule is CCOc1cccc(CNC(=O)c2ccc(NS(=O)(=O)c3ccccc3)cc2Cl)c1. The van der Waals surface area contributed by atoms with Crippen molar-refractivity contribution >= 4 is 33.2 Å². The van der Waals surface area contributed by atoms with Gasteiger partial charge in [-0.2, -0.15) is 0 Å². The second-order valence-electron chi connectivity index (χ2n) is 6.38. The highest BCUT2D eigenvalue weighted by Gasteiger charge is 2.16. The van der Waals surface area contributed by atoms with Crippen LogP contribution in [-0.2, 0) is 16.6 Å². The maximum Gasteiger partial charge on any atom is 0.261 e. The van der Waals surface area contributed by atoms with Crippen molar-refractivity contribution in [2.24, 2.45) is 0 Å². The molecule has 0 atom stereocenters. The van der Waals surface area contributed by atoms with Gasteiger partial charge in [0.15, 0.2) is 0 Å². The molecule has 0 saturated heterocycles. The van der Waals surface area contributed by atoms with Gasteiger partial charge in [-0.25, -0.2) is 8.42 Å². The van der Waals surface area contributed by atoms with Crippen LogP contribution in [0.3, 0.4) is 0 Å². The van der Waals surface area contributed by atoms with Crippen LogP contribution in [-0.4, -0.2) is 20.9 Å². The van der Waals surface area contributed by atoms with Crippen LogP contribution in [0.25, 0.3) is 0 Å². The van der Waals surface area contributed by atoms with E-state index >= 15 is 0 Å². The van der Waals surface area contributed by atoms with Gasteiger partial charge in [0.2, 0.25) is 0 Å². The molecule has 0 bridgehead atoms. The minimum Gasteiger partial charge on any atom is -0.494 e. The van der Waals surface area contributed by atoms with Crippen molar-refractivity contribution in [2.75, 3.05) is 11.3 Å². The topological polar surface area (TPSA) is 84.5 Å². The standard InChI is InChI=1S/C22H21ClN2O4S/c1-2-29-18-8-6-7-16(13-18)15-24-22(26)20-12-11-17(14-21(20)23)25-30(27,28)19-9-4-3-5-10-19/h3-14,25H,2,15H2,1H3,(H,24,26). The lowest BCUT2D eigenvalue weighted by Crippen LogP contribution is -2.23. The summed E-state index contributed by atoms with van der Waals surface area (Å²) in [5.41, 5.74) is 1.41. The van der Waals surface area contributed by atoms with Crippen LogP contribution in [0.4, 0.5) is 5.69 Å². The molecule has 6 nitrogen and oxygen atoms in total. The molecule has 0 heterocycles. The van der Waals surface area contributed by atoms with Crippen LogP contribution in [0.15, 0.2) is 77.7 Å². The Morgan fingerprint density at radius 2 is 1.77 bits per heavy atom. The third kappa shape index (κ3) is 5.52. The number of hydrogen-bond donors (Lipinski definition) is 2. The Balaban J connectivity index is 1.67. The fourth-order valence-corrected chi connectivity index (χ4v) is 4.10. The van der Waals surface area contributed by atoms with E-state index in [4.69, 9.17) is 16.3 Å². The van der Waals surface area contributed by atoms with E-state index in [2.05, 4.69) is 10.0 Å². The fraction of sp³-hybridized carbons (Fsp3) is 0.136. The van der Waals surface area contributed by atoms with Crippen molar-refractivity contribution < 1.29 is 17.9 Å². The summed E-state index contributed by atoms with van der Waals surface area (Å²) < 4.78 is 32.8. The maximum absolute atomic E-state index is 12.5. The van der Waals surface area contributed by atoms with Gasteiger partial charge in [0.1, 0.15) is 5.75 Å². The Morgan fingerprint density at radius 1 is 1.00 bits per heavy atom. The molecule has 2 N–H and O–H groups in total. The van der Waals surface area contributed by atoms with Gasteiger partial charge in [-0.15, -0.1) is 0 Å². The number of hydrogen-bond acceptors (Lipinski definition) is 4. The molecule has 8 heteroatoms. The van der Waals surface area contributed by atoms with Crippen LogP contribution in [0.1, 0.15) is 22.8 Å². The molecule has 0 aromatic heterocycles. The van der Waals surface area contributed by atoms with Gasteiger partial charge in [0.05, 0.1) is 27.8 Å². The summed E-state index contributed by atoms with van der Waals surface area (Å²) in [7, 11) is -3.74. The van der Waals surface area contributed by atoms with Gasteiger partial charge in [-0.1, -0.05) is 41.9 Å². The largest absolute Gasteiger partial charge is 0.494 e. The fourth-order valence-electron chi connectivity index (χ4n) is 2.77. The molecule has 0 unspecified atom stereocenters. The molecular weight excluding hydrogens is 424 g/mol. The summed E-state index contributed by atoms with van der Waals surface area (Å²) in [6, 6.07) is 19.8. The van der Waals surface area contributed by atoms with Crippen LogP contribution >= 0.6 is 11.6 Å². The highest BCUT2D eigenvalue weighted by atomic mass is 35.5. The lowest BCUT2D eigenvalue weighted by molar-refractivity contribution is 0.0951. The normalized spacial score (nSPS) is 11.0. The number of rotatable bonds is 8. The Morgan fingerprint density at radius 3 is 2.47 bits per heavy atom. The molecule has 0 aliphatic heterocycles. The lowest BCUT2D eigenvalue weighted by atomic mass is 10.1. The summed E-state index contributed by atoms with van der Waals surface area (Å²) in [5, 5.41) is 2.94. The first-order valence-electron chi connectivity index (χ1n) is 9.26. The predicted octanol–water partition coefficient (Wildman–Crippen LogP) is 4.47. The third-order valence-electron chi connectivity index (χ3n) is 4.18. The van der Waals surface area contributed by atoms with Gasteiger partial charge < -0.3 is 10.1 Å². The van der Waals surface area contributed by atoms with Crippen molar-refractivity contribution in [3.05, 3.63) is 88.9 Å². The van der Waals surface area contributed by atoms with Gasteiger partial charge >= 0.3 is 0 Å². The number of anilines is 1. The average molecular weight is 445 g/mol. The molecule has 0 aliphatic carbocycles. The Hall–Kier alpha value is -3.03. The zero-order valence-corrected chi connectivity index (χ0v) is 17.8. The molecule has 0 radical (unpaired) electrons. The number of amides is 1. The van der Waals surface area contributed by atoms with Crippen LogP contribution in [0, 0.1) is 0 Å². The number of ether oxygens (including phenoxy) is 1. The van der Waals surface area contributed by atoms with Gasteiger partial charge in [0, 0.05) is 6.54 Å². The molecule has 0 aliphatic rings. The monoisotopic (exact) mass is 444 g/mol. The van der Waals surface area contributed by atoms with Crippen molar-refractivity contribution in [2.45, 2.75) is 18.4 Å². The highest BCUT2D eigenvalue weighted by Crippen LogP contribution is 2.23. The third-order valence-corrected chi connectivity index (χ3v) is 5.89. The second kappa shape index (κ2) is 9.65. The first kappa shape index (κ1) is 21.7. The average Bonchev–Trinajstić information content (AvgIpc) is 2.73. The molecule has 3 rings (SSSR count). The van der Waals surface area contributed by atoms with Crippen molar-refractivity contribution in [1.29, 1.82) is 0 Å². The van der Waals surface area contributed by atoms with Crippen molar-refractivity contribution in [3.8, 4) is 5.75 Å². The van der Waals surface area contributed by atoms with E-state index in [0.717, 1.165) is 11.3 Å². The predicted molar refractivity (Wildman–Crippen MR) is 117 cm³/mol. The van der Waals surface area contributed by atoms with E-state index in [9.17, 15) is 13.2 Å². The van der Waals surface area contributed by atoms with E-state index in [1.165, 1.54) is 30.3 Å². The zero-order chi connectivity index (χ0) is 21.6. The first-order valence-corrected chi connectivity index (χ1v) is 11.1. The minimum absolute atomic E-state index is 0.136. The summed E-state index contributed by atoms with van der Waals surface area (Å²) in [6.45, 7) is 2.77. The van der Waals surface area contributed by atoms with E-state index in [1.807, 2.05) is 31.2 Å². The number of carbonyl (C=O) groups is 1. The summed E-state index contributed by atoms with van der Waals surface area (Å²) in [5.74, 6) is 0.372. The number of sulfonamides is 1. The van der Waals surface area contributed by atoms with E-state index < -0.39 is 10.0 Å². The Labute approximate surface area is 180 Å². The number of benzene rings is 3. The summed E-state index contributed by atoms with van der Waals surface area (Å²) in [4.78, 5) is 12.6. The molecule has 0 saturated carbocycles. The summed E-state index contributed by atoms with van der Waals surface area (Å²) in [6.07, 6.45) is 0. The maximum atomic E-state index is 12.5. The highest BCUT2D eigenvalue weighted by molar-refractivity contribution is 7.92. The Kier molecular flexibility index (Phi) is 6.97. The van der Waals surface area contributed by atoms with E-state index in [-0.39, 0.29) is 27.1 Å². The van der Waals surface area contributed by atoms with Crippen molar-refractivity contribution in [1.82, 2.24) is 5.32 Å². The van der Waals surface area contributed by atoms with E-state index in [1.54, 1.807) is 18.2 Å². The second-order valence-corrected chi connectivity index (χ2v) is 8.47. The van der Waals surface area contributed by atoms with Gasteiger partial charge in [-0.05, 0) is 55.0 Å². The van der Waals surface area contributed by atoms with E-state index in [0.29, 0.717) is 13.2 Å². The lowest BCUT2D eigenvalue weighted by Gasteiger charge is -2.11. The van der Waals surface area contributed by atoms with Crippen molar-refractivity contribution in [3.63, 3.8) is 0 Å². The minimum atomic E-state index is -3.74. The molecular formula is C22H21ClN2O4S. The van der Waals surface area contributed by atoms with Crippen LogP contribution in [0.5, 0.6) is 5.75 Å². The smallest absolute Gasteiger partial charge is 0.261 e. The van der Waals surface area contributed by atoms with Gasteiger partial charge in [-0.3, -0.25) is 9.52 Å². The first-order chi connectivity index (χ1) is 14.4. The zero-order valence-electron chi connectivity index (χ0n) is 16.3. The number of carbonyl (C=O) groups excluding carboxylic acids is 1. The van der Waals surface area contributed by atoms with Crippen LogP contribution in [0.2, 0.25) is 5.02 Å². The molecule has 30 heavy (non-hydrogen) atoms.